The Morgan fingerprint density at radius 2 is 1.77 bits per heavy atom. The van der Waals surface area contributed by atoms with Crippen LogP contribution in [0.1, 0.15) is 38.2 Å². The monoisotopic (exact) mass is 445 g/mol. The molecule has 0 radical (unpaired) electrons. The molecule has 1 atom stereocenters. The third-order valence-electron chi connectivity index (χ3n) is 5.13. The number of urea groups is 1. The van der Waals surface area contributed by atoms with Crippen LogP contribution >= 0.6 is 11.6 Å². The SMILES string of the molecule is COC(=O)C(c1cccc(Cl)c1)N1CCN(C(=O)Nc2cnc(C(C)(C)C)nc2)CC1. The first kappa shape index (κ1) is 23.0. The van der Waals surface area contributed by atoms with Crippen LogP contribution in [0, 0.1) is 0 Å². The normalized spacial score (nSPS) is 16.0. The number of nitrogens with zero attached hydrogens (tertiary/aromatic N) is 4. The highest BCUT2D eigenvalue weighted by Crippen LogP contribution is 2.26. The van der Waals surface area contributed by atoms with Gasteiger partial charge in [0.15, 0.2) is 0 Å². The summed E-state index contributed by atoms with van der Waals surface area (Å²) in [5.74, 6) is 0.366. The fraction of sp³-hybridized carbons (Fsp3) is 0.455. The van der Waals surface area contributed by atoms with Crippen molar-refractivity contribution in [1.82, 2.24) is 19.8 Å². The van der Waals surface area contributed by atoms with Crippen molar-refractivity contribution in [3.05, 3.63) is 53.1 Å². The Balaban J connectivity index is 1.62. The van der Waals surface area contributed by atoms with Gasteiger partial charge < -0.3 is 15.0 Å². The predicted molar refractivity (Wildman–Crippen MR) is 119 cm³/mol. The van der Waals surface area contributed by atoms with Gasteiger partial charge in [-0.25, -0.2) is 19.6 Å². The van der Waals surface area contributed by atoms with Crippen LogP contribution in [0.4, 0.5) is 10.5 Å². The number of rotatable bonds is 4. The predicted octanol–water partition coefficient (Wildman–Crippen LogP) is 3.49. The maximum atomic E-state index is 12.7. The van der Waals surface area contributed by atoms with Crippen LogP contribution in [-0.4, -0.2) is 65.1 Å². The molecule has 0 aliphatic carbocycles. The Bertz CT molecular complexity index is 921. The molecule has 9 heteroatoms. The summed E-state index contributed by atoms with van der Waals surface area (Å²) in [6, 6.07) is 6.41. The molecule has 2 amide bonds. The molecule has 1 N–H and O–H groups in total. The van der Waals surface area contributed by atoms with Gasteiger partial charge in [0.2, 0.25) is 0 Å². The number of hydrogen-bond acceptors (Lipinski definition) is 6. The van der Waals surface area contributed by atoms with Crippen molar-refractivity contribution < 1.29 is 14.3 Å². The van der Waals surface area contributed by atoms with Crippen molar-refractivity contribution in [2.75, 3.05) is 38.6 Å². The molecular formula is C22H28ClN5O3. The fourth-order valence-electron chi connectivity index (χ4n) is 3.45. The van der Waals surface area contributed by atoms with Gasteiger partial charge in [0.05, 0.1) is 25.2 Å². The Morgan fingerprint density at radius 1 is 1.13 bits per heavy atom. The summed E-state index contributed by atoms with van der Waals surface area (Å²) >= 11 is 6.11. The number of piperazine rings is 1. The second kappa shape index (κ2) is 9.62. The van der Waals surface area contributed by atoms with Crippen molar-refractivity contribution in [1.29, 1.82) is 0 Å². The molecule has 0 bridgehead atoms. The van der Waals surface area contributed by atoms with Crippen LogP contribution in [0.15, 0.2) is 36.7 Å². The van der Waals surface area contributed by atoms with Crippen LogP contribution in [0.5, 0.6) is 0 Å². The van der Waals surface area contributed by atoms with E-state index in [-0.39, 0.29) is 17.4 Å². The number of methoxy groups -OCH3 is 1. The van der Waals surface area contributed by atoms with Crippen LogP contribution in [0.3, 0.4) is 0 Å². The summed E-state index contributed by atoms with van der Waals surface area (Å²) in [6.07, 6.45) is 3.24. The number of benzene rings is 1. The van der Waals surface area contributed by atoms with Gasteiger partial charge in [-0.3, -0.25) is 4.90 Å². The first-order valence-electron chi connectivity index (χ1n) is 10.1. The number of amides is 2. The highest BCUT2D eigenvalue weighted by molar-refractivity contribution is 6.30. The Kier molecular flexibility index (Phi) is 7.12. The molecule has 1 unspecified atom stereocenters. The average Bonchev–Trinajstić information content (AvgIpc) is 2.74. The number of nitrogens with one attached hydrogen (secondary N) is 1. The van der Waals surface area contributed by atoms with E-state index in [0.29, 0.717) is 42.7 Å². The zero-order valence-electron chi connectivity index (χ0n) is 18.3. The lowest BCUT2D eigenvalue weighted by atomic mass is 9.96. The van der Waals surface area contributed by atoms with Crippen molar-refractivity contribution in [3.63, 3.8) is 0 Å². The van der Waals surface area contributed by atoms with Crippen molar-refractivity contribution in [2.24, 2.45) is 0 Å². The van der Waals surface area contributed by atoms with Crippen molar-refractivity contribution in [3.8, 4) is 0 Å². The third-order valence-corrected chi connectivity index (χ3v) is 5.36. The van der Waals surface area contributed by atoms with E-state index in [0.717, 1.165) is 5.56 Å². The molecular weight excluding hydrogens is 418 g/mol. The maximum Gasteiger partial charge on any atom is 0.327 e. The van der Waals surface area contributed by atoms with E-state index in [9.17, 15) is 9.59 Å². The molecule has 0 spiro atoms. The third kappa shape index (κ3) is 5.71. The Morgan fingerprint density at radius 3 is 2.32 bits per heavy atom. The largest absolute Gasteiger partial charge is 0.468 e. The van der Waals surface area contributed by atoms with Gasteiger partial charge in [-0.1, -0.05) is 44.5 Å². The minimum Gasteiger partial charge on any atom is -0.468 e. The van der Waals surface area contributed by atoms with E-state index in [1.807, 2.05) is 37.8 Å². The minimum atomic E-state index is -0.563. The first-order chi connectivity index (χ1) is 14.7. The molecule has 8 nitrogen and oxygen atoms in total. The molecule has 1 aromatic carbocycles. The Hall–Kier alpha value is -2.71. The van der Waals surface area contributed by atoms with Gasteiger partial charge in [0.25, 0.3) is 0 Å². The van der Waals surface area contributed by atoms with E-state index < -0.39 is 6.04 Å². The molecule has 31 heavy (non-hydrogen) atoms. The molecule has 0 saturated carbocycles. The topological polar surface area (TPSA) is 87.7 Å². The van der Waals surface area contributed by atoms with Gasteiger partial charge in [-0.2, -0.15) is 0 Å². The summed E-state index contributed by atoms with van der Waals surface area (Å²) in [7, 11) is 1.37. The molecule has 1 saturated heterocycles. The lowest BCUT2D eigenvalue weighted by Crippen LogP contribution is -2.52. The van der Waals surface area contributed by atoms with E-state index in [1.54, 1.807) is 29.4 Å². The van der Waals surface area contributed by atoms with E-state index >= 15 is 0 Å². The standard InChI is InChI=1S/C22H28ClN5O3/c1-22(2,3)20-24-13-17(14-25-20)26-21(30)28-10-8-27(9-11-28)18(19(29)31-4)15-6-5-7-16(23)12-15/h5-7,12-14,18H,8-11H2,1-4H3,(H,26,30). The molecule has 1 aromatic heterocycles. The smallest absolute Gasteiger partial charge is 0.327 e. The van der Waals surface area contributed by atoms with Crippen LogP contribution < -0.4 is 5.32 Å². The maximum absolute atomic E-state index is 12.7. The zero-order valence-corrected chi connectivity index (χ0v) is 19.0. The van der Waals surface area contributed by atoms with Gasteiger partial charge in [-0.05, 0) is 17.7 Å². The molecule has 166 valence electrons. The summed E-state index contributed by atoms with van der Waals surface area (Å²) < 4.78 is 5.02. The first-order valence-corrected chi connectivity index (χ1v) is 10.5. The molecule has 2 heterocycles. The highest BCUT2D eigenvalue weighted by atomic mass is 35.5. The van der Waals surface area contributed by atoms with Crippen molar-refractivity contribution in [2.45, 2.75) is 32.2 Å². The van der Waals surface area contributed by atoms with Crippen molar-refractivity contribution >= 4 is 29.3 Å². The molecule has 3 rings (SSSR count). The molecule has 2 aromatic rings. The number of hydrogen-bond donors (Lipinski definition) is 1. The molecule has 1 aliphatic rings. The highest BCUT2D eigenvalue weighted by Gasteiger charge is 2.32. The lowest BCUT2D eigenvalue weighted by molar-refractivity contribution is -0.148. The number of esters is 1. The van der Waals surface area contributed by atoms with Gasteiger partial charge in [-0.15, -0.1) is 0 Å². The van der Waals surface area contributed by atoms with E-state index in [4.69, 9.17) is 16.3 Å². The number of halogens is 1. The number of carbonyl (C=O) groups is 2. The van der Waals surface area contributed by atoms with Crippen LogP contribution in [0.2, 0.25) is 5.02 Å². The number of ether oxygens (including phenoxy) is 1. The second-order valence-corrected chi connectivity index (χ2v) is 8.92. The minimum absolute atomic E-state index is 0.155. The summed E-state index contributed by atoms with van der Waals surface area (Å²) in [4.78, 5) is 37.5. The Labute approximate surface area is 187 Å². The number of carbonyl (C=O) groups excluding carboxylic acids is 2. The molecule has 1 aliphatic heterocycles. The summed E-state index contributed by atoms with van der Waals surface area (Å²) in [5.41, 5.74) is 1.16. The number of aromatic nitrogens is 2. The fourth-order valence-corrected chi connectivity index (χ4v) is 3.65. The van der Waals surface area contributed by atoms with Crippen LogP contribution in [0.25, 0.3) is 0 Å². The summed E-state index contributed by atoms with van der Waals surface area (Å²) in [6.45, 7) is 8.10. The van der Waals surface area contributed by atoms with Gasteiger partial charge >= 0.3 is 12.0 Å². The van der Waals surface area contributed by atoms with Crippen LogP contribution in [-0.2, 0) is 14.9 Å². The quantitative estimate of drug-likeness (QED) is 0.725. The lowest BCUT2D eigenvalue weighted by Gasteiger charge is -2.38. The van der Waals surface area contributed by atoms with Gasteiger partial charge in [0.1, 0.15) is 11.9 Å². The second-order valence-electron chi connectivity index (χ2n) is 8.48. The zero-order chi connectivity index (χ0) is 22.6. The molecule has 1 fully saturated rings. The number of anilines is 1. The van der Waals surface area contributed by atoms with E-state index in [2.05, 4.69) is 15.3 Å². The van der Waals surface area contributed by atoms with Gasteiger partial charge in [0, 0.05) is 36.6 Å². The van der Waals surface area contributed by atoms with E-state index in [1.165, 1.54) is 7.11 Å². The average molecular weight is 446 g/mol. The summed E-state index contributed by atoms with van der Waals surface area (Å²) in [5, 5.41) is 3.40.